The number of hydrogen-bond donors (Lipinski definition) is 3. The number of anilines is 2. The highest BCUT2D eigenvalue weighted by atomic mass is 35.5. The number of fused-ring (bicyclic) bond motifs is 1. The molecule has 2 heterocycles. The van der Waals surface area contributed by atoms with Crippen LogP contribution >= 0.6 is 23.2 Å². The van der Waals surface area contributed by atoms with Crippen molar-refractivity contribution in [2.24, 2.45) is 0 Å². The molecule has 1 aromatic rings. The van der Waals surface area contributed by atoms with Gasteiger partial charge in [0.25, 0.3) is 0 Å². The maximum Gasteiger partial charge on any atom is 0.225 e. The topological polar surface area (TPSA) is 112 Å². The maximum absolute atomic E-state index is 8.99. The molecule has 3 rings (SSSR count). The van der Waals surface area contributed by atoms with E-state index in [1.165, 1.54) is 0 Å². The number of halogens is 2. The molecule has 1 aromatic heterocycles. The normalized spacial score (nSPS) is 31.2. The molecule has 0 aromatic carbocycles. The third-order valence-corrected chi connectivity index (χ3v) is 4.49. The lowest BCUT2D eigenvalue weighted by molar-refractivity contribution is -0.167. The highest BCUT2D eigenvalue weighted by Crippen LogP contribution is 2.41. The number of aromatic nitrogens is 2. The summed E-state index contributed by atoms with van der Waals surface area (Å²) in [7, 11) is 0. The molecular weight excluding hydrogens is 359 g/mol. The predicted octanol–water partition coefficient (Wildman–Crippen LogP) is 1.45. The molecule has 4 atom stereocenters. The third kappa shape index (κ3) is 3.54. The second kappa shape index (κ2) is 6.78. The van der Waals surface area contributed by atoms with Gasteiger partial charge in [-0.2, -0.15) is 4.98 Å². The van der Waals surface area contributed by atoms with Crippen LogP contribution in [0.4, 0.5) is 11.5 Å². The average molecular weight is 379 g/mol. The molecule has 8 nitrogen and oxygen atoms in total. The number of rotatable bonds is 5. The molecule has 1 aliphatic heterocycles. The van der Waals surface area contributed by atoms with E-state index in [9.17, 15) is 0 Å². The van der Waals surface area contributed by atoms with Crippen LogP contribution in [0.25, 0.3) is 0 Å². The molecule has 1 saturated carbocycles. The van der Waals surface area contributed by atoms with Gasteiger partial charge in [-0.05, 0) is 31.9 Å². The van der Waals surface area contributed by atoms with Crippen LogP contribution in [0.3, 0.4) is 0 Å². The largest absolute Gasteiger partial charge is 0.394 e. The van der Waals surface area contributed by atoms with Crippen molar-refractivity contribution in [3.05, 3.63) is 10.4 Å². The van der Waals surface area contributed by atoms with Gasteiger partial charge in [-0.25, -0.2) is 4.98 Å². The van der Waals surface area contributed by atoms with E-state index in [1.807, 2.05) is 13.8 Å². The Labute approximate surface area is 149 Å². The summed E-state index contributed by atoms with van der Waals surface area (Å²) in [4.78, 5) is 7.89. The first-order chi connectivity index (χ1) is 11.3. The van der Waals surface area contributed by atoms with Crippen LogP contribution in [-0.2, 0) is 14.2 Å². The Kier molecular flexibility index (Phi) is 5.06. The first-order valence-electron chi connectivity index (χ1n) is 7.64. The summed E-state index contributed by atoms with van der Waals surface area (Å²) in [5.74, 6) is -0.372. The molecule has 0 amide bonds. The number of nitrogens with zero attached hydrogens (tertiary/aromatic N) is 2. The Morgan fingerprint density at radius 3 is 2.75 bits per heavy atom. The number of nitrogens with one attached hydrogen (secondary N) is 1. The maximum atomic E-state index is 8.99. The molecule has 10 heteroatoms. The van der Waals surface area contributed by atoms with Crippen LogP contribution in [0.5, 0.6) is 0 Å². The van der Waals surface area contributed by atoms with Crippen LogP contribution in [0, 0.1) is 0 Å². The van der Waals surface area contributed by atoms with Gasteiger partial charge >= 0.3 is 0 Å². The van der Waals surface area contributed by atoms with Crippen molar-refractivity contribution in [2.75, 3.05) is 24.3 Å². The average Bonchev–Trinajstić information content (AvgIpc) is 2.96. The van der Waals surface area contributed by atoms with Gasteiger partial charge in [-0.3, -0.25) is 0 Å². The van der Waals surface area contributed by atoms with E-state index < -0.39 is 5.79 Å². The monoisotopic (exact) mass is 378 g/mol. The van der Waals surface area contributed by atoms with Crippen molar-refractivity contribution in [3.8, 4) is 0 Å². The summed E-state index contributed by atoms with van der Waals surface area (Å²) in [6, 6.07) is -0.162. The molecule has 24 heavy (non-hydrogen) atoms. The number of aliphatic hydroxyl groups is 1. The van der Waals surface area contributed by atoms with Crippen molar-refractivity contribution in [3.63, 3.8) is 0 Å². The molecule has 0 radical (unpaired) electrons. The van der Waals surface area contributed by atoms with Gasteiger partial charge in [-0.1, -0.05) is 11.6 Å². The number of nitrogen functional groups attached to an aromatic ring is 1. The van der Waals surface area contributed by atoms with Gasteiger partial charge in [0.2, 0.25) is 5.28 Å². The zero-order valence-corrected chi connectivity index (χ0v) is 14.8. The van der Waals surface area contributed by atoms with E-state index in [2.05, 4.69) is 15.3 Å². The SMILES string of the molecule is CC1(C)O[C@@H]2[C@H](O1)[C@@H](OCCO)C[C@H]2Nc1nc(Cl)nc(Cl)c1N. The lowest BCUT2D eigenvalue weighted by atomic mass is 10.2. The van der Waals surface area contributed by atoms with E-state index in [0.717, 1.165) is 0 Å². The number of ether oxygens (including phenoxy) is 3. The smallest absolute Gasteiger partial charge is 0.225 e. The second-order valence-electron chi connectivity index (χ2n) is 6.23. The summed E-state index contributed by atoms with van der Waals surface area (Å²) in [6.07, 6.45) is -0.117. The lowest BCUT2D eigenvalue weighted by Gasteiger charge is -2.24. The van der Waals surface area contributed by atoms with Crippen molar-refractivity contribution in [1.82, 2.24) is 9.97 Å². The van der Waals surface area contributed by atoms with Crippen LogP contribution in [-0.4, -0.2) is 58.4 Å². The molecule has 2 fully saturated rings. The molecule has 4 N–H and O–H groups in total. The summed E-state index contributed by atoms with van der Waals surface area (Å²) in [5.41, 5.74) is 6.14. The van der Waals surface area contributed by atoms with Gasteiger partial charge in [0.1, 0.15) is 17.9 Å². The van der Waals surface area contributed by atoms with E-state index >= 15 is 0 Å². The van der Waals surface area contributed by atoms with Crippen molar-refractivity contribution < 1.29 is 19.3 Å². The van der Waals surface area contributed by atoms with E-state index in [4.69, 9.17) is 48.3 Å². The van der Waals surface area contributed by atoms with E-state index in [1.54, 1.807) is 0 Å². The van der Waals surface area contributed by atoms with Crippen molar-refractivity contribution >= 4 is 34.7 Å². The summed E-state index contributed by atoms with van der Waals surface area (Å²) in [6.45, 7) is 3.87. The number of aliphatic hydroxyl groups excluding tert-OH is 1. The Bertz CT molecular complexity index is 619. The fourth-order valence-corrected chi connectivity index (χ4v) is 3.53. The molecule has 1 aliphatic carbocycles. The van der Waals surface area contributed by atoms with Crippen LogP contribution in [0.15, 0.2) is 0 Å². The lowest BCUT2D eigenvalue weighted by Crippen LogP contribution is -2.35. The second-order valence-corrected chi connectivity index (χ2v) is 6.93. The minimum Gasteiger partial charge on any atom is -0.394 e. The highest BCUT2D eigenvalue weighted by Gasteiger charge is 2.54. The minimum absolute atomic E-state index is 0.00301. The van der Waals surface area contributed by atoms with Crippen LogP contribution in [0.2, 0.25) is 10.4 Å². The fourth-order valence-electron chi connectivity index (χ4n) is 3.14. The summed E-state index contributed by atoms with van der Waals surface area (Å²) < 4.78 is 17.6. The first-order valence-corrected chi connectivity index (χ1v) is 8.39. The van der Waals surface area contributed by atoms with Gasteiger partial charge in [0, 0.05) is 0 Å². The van der Waals surface area contributed by atoms with Crippen molar-refractivity contribution in [1.29, 1.82) is 0 Å². The molecular formula is C14H20Cl2N4O4. The quantitative estimate of drug-likeness (QED) is 0.521. The molecule has 0 spiro atoms. The Hall–Kier alpha value is -0.900. The molecule has 134 valence electrons. The first kappa shape index (κ1) is 17.9. The molecule has 0 bridgehead atoms. The summed E-state index contributed by atoms with van der Waals surface area (Å²) in [5, 5.41) is 12.3. The standard InChI is InChI=1S/C14H20Cl2N4O4/c1-14(2)23-9-6(5-7(10(9)24-14)22-4-3-21)18-12-8(17)11(15)19-13(16)20-12/h6-7,9-10,21H,3-5,17H2,1-2H3,(H,18,19,20)/t6-,7+,9+,10-/m1/s1. The Morgan fingerprint density at radius 2 is 2.04 bits per heavy atom. The molecule has 0 unspecified atom stereocenters. The number of hydrogen-bond acceptors (Lipinski definition) is 8. The van der Waals surface area contributed by atoms with Crippen LogP contribution < -0.4 is 11.1 Å². The molecule has 2 aliphatic rings. The predicted molar refractivity (Wildman–Crippen MR) is 89.1 cm³/mol. The summed E-state index contributed by atoms with van der Waals surface area (Å²) >= 11 is 11.8. The minimum atomic E-state index is -0.719. The molecule has 1 saturated heterocycles. The Balaban J connectivity index is 1.80. The zero-order chi connectivity index (χ0) is 17.5. The van der Waals surface area contributed by atoms with E-state index in [0.29, 0.717) is 12.2 Å². The van der Waals surface area contributed by atoms with Gasteiger partial charge in [0.15, 0.2) is 16.8 Å². The number of nitrogens with two attached hydrogens (primary N) is 1. The third-order valence-electron chi connectivity index (χ3n) is 4.03. The van der Waals surface area contributed by atoms with E-state index in [-0.39, 0.29) is 53.7 Å². The van der Waals surface area contributed by atoms with Gasteiger partial charge in [-0.15, -0.1) is 0 Å². The van der Waals surface area contributed by atoms with Crippen LogP contribution in [0.1, 0.15) is 20.3 Å². The van der Waals surface area contributed by atoms with Gasteiger partial charge < -0.3 is 30.4 Å². The zero-order valence-electron chi connectivity index (χ0n) is 13.3. The van der Waals surface area contributed by atoms with Crippen molar-refractivity contribution in [2.45, 2.75) is 50.4 Å². The highest BCUT2D eigenvalue weighted by molar-refractivity contribution is 6.34. The Morgan fingerprint density at radius 1 is 1.33 bits per heavy atom. The fraction of sp³-hybridized carbons (Fsp3) is 0.714. The van der Waals surface area contributed by atoms with Gasteiger partial charge in [0.05, 0.1) is 25.4 Å².